The lowest BCUT2D eigenvalue weighted by Crippen LogP contribution is -2.09. The molecule has 0 aliphatic heterocycles. The molecule has 1 aromatic rings. The van der Waals surface area contributed by atoms with Crippen LogP contribution >= 0.6 is 0 Å². The first-order valence-corrected chi connectivity index (χ1v) is 5.67. The van der Waals surface area contributed by atoms with Gasteiger partial charge in [0.05, 0.1) is 6.10 Å². The van der Waals surface area contributed by atoms with Crippen molar-refractivity contribution in [3.05, 3.63) is 34.9 Å². The first kappa shape index (κ1) is 12.9. The molecular weight excluding hydrogens is 200 g/mol. The molecule has 1 rings (SSSR count). The average molecular weight is 220 g/mol. The largest absolute Gasteiger partial charge is 0.382 e. The molecule has 0 radical (unpaired) electrons. The summed E-state index contributed by atoms with van der Waals surface area (Å²) >= 11 is 0. The Hall–Kier alpha value is -1.15. The third-order valence-corrected chi connectivity index (χ3v) is 2.72. The van der Waals surface area contributed by atoms with Crippen LogP contribution < -0.4 is 0 Å². The summed E-state index contributed by atoms with van der Waals surface area (Å²) in [6.45, 7) is 6.01. The number of methoxy groups -OCH3 is 1. The normalized spacial score (nSPS) is 12.5. The van der Waals surface area contributed by atoms with E-state index in [9.17, 15) is 4.79 Å². The first-order valence-electron chi connectivity index (χ1n) is 5.67. The number of carbonyl (C=O) groups excluding carboxylic acids is 1. The van der Waals surface area contributed by atoms with Crippen LogP contribution in [0.1, 0.15) is 41.3 Å². The summed E-state index contributed by atoms with van der Waals surface area (Å²) in [7, 11) is 1.67. The van der Waals surface area contributed by atoms with Crippen LogP contribution in [0.2, 0.25) is 0 Å². The van der Waals surface area contributed by atoms with Crippen molar-refractivity contribution in [2.45, 2.75) is 39.7 Å². The molecule has 88 valence electrons. The summed E-state index contributed by atoms with van der Waals surface area (Å²) in [5.74, 6) is 0.204. The molecule has 2 heteroatoms. The second-order valence-electron chi connectivity index (χ2n) is 4.38. The van der Waals surface area contributed by atoms with Gasteiger partial charge in [-0.3, -0.25) is 4.79 Å². The van der Waals surface area contributed by atoms with Gasteiger partial charge in [-0.2, -0.15) is 0 Å². The second-order valence-corrected chi connectivity index (χ2v) is 4.38. The zero-order valence-corrected chi connectivity index (χ0v) is 10.5. The Labute approximate surface area is 97.6 Å². The third-order valence-electron chi connectivity index (χ3n) is 2.72. The molecule has 0 aliphatic carbocycles. The van der Waals surface area contributed by atoms with Crippen molar-refractivity contribution in [2.24, 2.45) is 0 Å². The van der Waals surface area contributed by atoms with Gasteiger partial charge in [0.25, 0.3) is 0 Å². The van der Waals surface area contributed by atoms with Gasteiger partial charge in [0.1, 0.15) is 0 Å². The summed E-state index contributed by atoms with van der Waals surface area (Å²) in [4.78, 5) is 11.9. The molecule has 0 fully saturated rings. The highest BCUT2D eigenvalue weighted by atomic mass is 16.5. The molecule has 0 spiro atoms. The molecule has 2 nitrogen and oxygen atoms in total. The van der Waals surface area contributed by atoms with Gasteiger partial charge in [-0.1, -0.05) is 17.2 Å². The van der Waals surface area contributed by atoms with Crippen LogP contribution in [0.25, 0.3) is 0 Å². The molecule has 0 N–H and O–H groups in total. The van der Waals surface area contributed by atoms with Crippen molar-refractivity contribution in [2.75, 3.05) is 7.11 Å². The topological polar surface area (TPSA) is 26.3 Å². The number of hydrogen-bond donors (Lipinski definition) is 0. The fraction of sp³-hybridized carbons (Fsp3) is 0.500. The fourth-order valence-corrected chi connectivity index (χ4v) is 1.73. The number of hydrogen-bond acceptors (Lipinski definition) is 2. The van der Waals surface area contributed by atoms with Gasteiger partial charge < -0.3 is 4.74 Å². The molecular formula is C14H20O2. The molecule has 0 saturated carbocycles. The molecule has 0 aromatic heterocycles. The summed E-state index contributed by atoms with van der Waals surface area (Å²) in [6.07, 6.45) is 1.48. The quantitative estimate of drug-likeness (QED) is 0.712. The van der Waals surface area contributed by atoms with Crippen LogP contribution in [0.5, 0.6) is 0 Å². The Morgan fingerprint density at radius 2 is 1.81 bits per heavy atom. The van der Waals surface area contributed by atoms with Gasteiger partial charge in [-0.05, 0) is 39.3 Å². The molecule has 1 aromatic carbocycles. The first-order chi connectivity index (χ1) is 7.52. The number of ether oxygens (including phenoxy) is 1. The van der Waals surface area contributed by atoms with Crippen LogP contribution in [0.4, 0.5) is 0 Å². The summed E-state index contributed by atoms with van der Waals surface area (Å²) < 4.78 is 5.13. The predicted octanol–water partition coefficient (Wildman–Crippen LogP) is 3.30. The van der Waals surface area contributed by atoms with Gasteiger partial charge in [0.15, 0.2) is 5.78 Å². The van der Waals surface area contributed by atoms with Crippen LogP contribution in [-0.2, 0) is 4.74 Å². The van der Waals surface area contributed by atoms with Crippen molar-refractivity contribution >= 4 is 5.78 Å². The van der Waals surface area contributed by atoms with Gasteiger partial charge in [0, 0.05) is 19.1 Å². The fourth-order valence-electron chi connectivity index (χ4n) is 1.73. The third kappa shape index (κ3) is 3.78. The monoisotopic (exact) mass is 220 g/mol. The number of Topliss-reactive ketones (excluding diaryl/α,β-unsaturated/α-hetero) is 1. The lowest BCUT2D eigenvalue weighted by molar-refractivity contribution is 0.0877. The van der Waals surface area contributed by atoms with Crippen molar-refractivity contribution in [3.63, 3.8) is 0 Å². The molecule has 0 heterocycles. The zero-order chi connectivity index (χ0) is 12.1. The van der Waals surface area contributed by atoms with E-state index in [1.165, 1.54) is 0 Å². The van der Waals surface area contributed by atoms with Crippen molar-refractivity contribution in [3.8, 4) is 0 Å². The minimum absolute atomic E-state index is 0.148. The van der Waals surface area contributed by atoms with E-state index in [4.69, 9.17) is 4.74 Å². The van der Waals surface area contributed by atoms with Gasteiger partial charge >= 0.3 is 0 Å². The molecule has 0 amide bonds. The highest BCUT2D eigenvalue weighted by Crippen LogP contribution is 2.13. The Bertz CT molecular complexity index is 349. The van der Waals surface area contributed by atoms with Crippen molar-refractivity contribution in [1.82, 2.24) is 0 Å². The van der Waals surface area contributed by atoms with E-state index in [-0.39, 0.29) is 11.9 Å². The Morgan fingerprint density at radius 3 is 2.31 bits per heavy atom. The lowest BCUT2D eigenvalue weighted by Gasteiger charge is -2.09. The maximum atomic E-state index is 11.9. The van der Waals surface area contributed by atoms with E-state index < -0.39 is 0 Å². The van der Waals surface area contributed by atoms with Crippen LogP contribution in [-0.4, -0.2) is 19.0 Å². The van der Waals surface area contributed by atoms with Crippen LogP contribution in [0, 0.1) is 13.8 Å². The standard InChI is InChI=1S/C14H20O2/c1-10-7-11(2)9-13(8-10)14(15)6-5-12(3)16-4/h7-9,12H,5-6H2,1-4H3. The Morgan fingerprint density at radius 1 is 1.25 bits per heavy atom. The van der Waals surface area contributed by atoms with E-state index in [1.54, 1.807) is 7.11 Å². The number of carbonyl (C=O) groups is 1. The zero-order valence-electron chi connectivity index (χ0n) is 10.5. The Balaban J connectivity index is 2.66. The maximum Gasteiger partial charge on any atom is 0.162 e. The average Bonchev–Trinajstić information content (AvgIpc) is 2.23. The predicted molar refractivity (Wildman–Crippen MR) is 66.0 cm³/mol. The molecule has 16 heavy (non-hydrogen) atoms. The molecule has 1 unspecified atom stereocenters. The molecule has 1 atom stereocenters. The Kier molecular flexibility index (Phi) is 4.69. The number of aryl methyl sites for hydroxylation is 2. The highest BCUT2D eigenvalue weighted by Gasteiger charge is 2.09. The summed E-state index contributed by atoms with van der Waals surface area (Å²) in [6, 6.07) is 5.98. The van der Waals surface area contributed by atoms with E-state index >= 15 is 0 Å². The minimum atomic E-state index is 0.148. The smallest absolute Gasteiger partial charge is 0.162 e. The molecule has 0 bridgehead atoms. The number of rotatable bonds is 5. The van der Waals surface area contributed by atoms with Gasteiger partial charge in [-0.15, -0.1) is 0 Å². The lowest BCUT2D eigenvalue weighted by atomic mass is 10.0. The van der Waals surface area contributed by atoms with E-state index in [0.29, 0.717) is 6.42 Å². The van der Waals surface area contributed by atoms with E-state index in [0.717, 1.165) is 23.1 Å². The van der Waals surface area contributed by atoms with Crippen LogP contribution in [0.3, 0.4) is 0 Å². The molecule has 0 saturated heterocycles. The summed E-state index contributed by atoms with van der Waals surface area (Å²) in [5.41, 5.74) is 3.10. The maximum absolute atomic E-state index is 11.9. The van der Waals surface area contributed by atoms with E-state index in [1.807, 2.05) is 32.9 Å². The summed E-state index contributed by atoms with van der Waals surface area (Å²) in [5, 5.41) is 0. The highest BCUT2D eigenvalue weighted by molar-refractivity contribution is 5.96. The van der Waals surface area contributed by atoms with Crippen molar-refractivity contribution in [1.29, 1.82) is 0 Å². The second kappa shape index (κ2) is 5.80. The SMILES string of the molecule is COC(C)CCC(=O)c1cc(C)cc(C)c1. The molecule has 0 aliphatic rings. The van der Waals surface area contributed by atoms with Crippen LogP contribution in [0.15, 0.2) is 18.2 Å². The minimum Gasteiger partial charge on any atom is -0.382 e. The van der Waals surface area contributed by atoms with Gasteiger partial charge in [0.2, 0.25) is 0 Å². The van der Waals surface area contributed by atoms with E-state index in [2.05, 4.69) is 6.07 Å². The number of benzene rings is 1. The van der Waals surface area contributed by atoms with Crippen molar-refractivity contribution < 1.29 is 9.53 Å². The number of ketones is 1. The van der Waals surface area contributed by atoms with Gasteiger partial charge in [-0.25, -0.2) is 0 Å².